The SMILES string of the molecule is C[C@@H](Oc1nc(N)nc2c1ncn2[C@H]1C[C@@H](O)[C@@H](COP(=O)(O)OP(=O)(O)OP(=O)(O)O)O1)c1ccc(C#CCN)cc1[N+](=O)[O-].C[C@@H](Oc1nc(N)nc2c1ncn2[C@H]1C[C@@H](O)[C@@H](COP(=O)(O)OP(=O)(O)OP(=O)(O)O)O1)c1ccc(C#CCNC(=O)c2ccc(C(=O)[O-])c(C3=c4cc5c6c(c4Oc4c3cc3c7c4CCCN7CCC3)CCC[N+]=6CCC5)c2)cc1[N+](=O)[O-]. The summed E-state index contributed by atoms with van der Waals surface area (Å²) in [5, 5.41) is 63.4. The van der Waals surface area contributed by atoms with Crippen LogP contribution in [-0.4, -0.2) is 187 Å². The second kappa shape index (κ2) is 37.7. The maximum Gasteiger partial charge on any atom is 0.490 e. The largest absolute Gasteiger partial charge is 0.545 e. The van der Waals surface area contributed by atoms with Gasteiger partial charge in [-0.1, -0.05) is 29.7 Å². The monoisotopic (exact) mass is 1930 g/mol. The number of phosphoric acid groups is 6. The van der Waals surface area contributed by atoms with Crippen LogP contribution in [0.2, 0.25) is 0 Å². The summed E-state index contributed by atoms with van der Waals surface area (Å²) in [4.78, 5) is 151. The zero-order valence-electron chi connectivity index (χ0n) is 68.4. The number of nitrogens with zero attached hydrogens (tertiary/aromatic N) is 12. The Hall–Kier alpha value is -10.9. The number of anilines is 3. The maximum absolute atomic E-state index is 14.1. The van der Waals surface area contributed by atoms with E-state index < -0.39 is 131 Å². The molecule has 11 heterocycles. The number of ether oxygens (including phenoxy) is 5. The molecule has 50 nitrogen and oxygen atoms in total. The summed E-state index contributed by atoms with van der Waals surface area (Å²) in [6.45, 7) is 4.92. The van der Waals surface area contributed by atoms with Crippen molar-refractivity contribution in [2.45, 2.75) is 127 Å². The molecule has 0 aliphatic carbocycles. The van der Waals surface area contributed by atoms with Crippen molar-refractivity contribution in [1.29, 1.82) is 0 Å². The van der Waals surface area contributed by atoms with E-state index in [1.54, 1.807) is 12.1 Å². The number of rotatable bonds is 28. The smallest absolute Gasteiger partial charge is 0.490 e. The number of imidazole rings is 2. The minimum absolute atomic E-state index is 0.00494. The number of carbonyl (C=O) groups is 2. The molecule has 16 rings (SSSR count). The average Bonchev–Trinajstić information content (AvgIpc) is 1.29. The predicted molar refractivity (Wildman–Crippen MR) is 449 cm³/mol. The fraction of sp³-hybridized carbons (Fsp3) is 0.373. The molecule has 1 amide bonds. The lowest BCUT2D eigenvalue weighted by Crippen LogP contribution is -2.45. The van der Waals surface area contributed by atoms with E-state index >= 15 is 0 Å². The third-order valence-electron chi connectivity index (χ3n) is 21.7. The first-order valence-electron chi connectivity index (χ1n) is 39.8. The number of nitrogens with one attached hydrogen (secondary N) is 1. The standard InChI is InChI=1S/C54H54N9O19P3.C21H26N7O15P3/c1-28(78-52-45-50(58-54(55)59-52)62(27-57-45)43-25-41(64)42(79-43)26-77-84(73,74)82-85(75,76)81-83(70,71)72)33-14-12-29(21-40(33)63(68)69)7-2-16-56-51(65)32-13-15-34(53(66)67)37(24-32)44-38-22-30-8-3-17-60-19-5-10-35(46(30)60)48(38)80-49-36-11-6-20-61-18-4-9-31(47(36)61)23-39(44)49;1-11(13-5-4-12(3-2-6-22)7-14(13)28(30)31)40-20-18-19(25-21(23)26-20)27(10-24-18)17-8-15(29)16(41-17)9-39-45(35,36)43-46(37,38)42-44(32,33)34/h12-15,21-24,27-28,41-43,64H,3-6,8-11,16-20,25-26H2,1H3,(H7-,55,56,58,59,65,66,67,70,71,72,73,74,75,76);4-5,7,10-11,15-17,29H,6,8-9,22H2,1H3,(H,35,36)(H,37,38)(H2,23,25,26)(H2,32,33,34)/t28-,41-,42-,43-;11-,15-,16-,17-/m11/s1. The van der Waals surface area contributed by atoms with Crippen LogP contribution in [0.15, 0.2) is 79.4 Å². The lowest BCUT2D eigenvalue weighted by molar-refractivity contribution is -0.386. The highest BCUT2D eigenvalue weighted by Gasteiger charge is 2.47. The summed E-state index contributed by atoms with van der Waals surface area (Å²) in [6.07, 6.45) is -0.269. The predicted octanol–water partition coefficient (Wildman–Crippen LogP) is 3.79. The third-order valence-corrected chi connectivity index (χ3v) is 29.4. The van der Waals surface area contributed by atoms with E-state index in [-0.39, 0.29) is 111 Å². The van der Waals surface area contributed by atoms with Crippen molar-refractivity contribution in [3.63, 3.8) is 0 Å². The zero-order valence-corrected chi connectivity index (χ0v) is 73.8. The first kappa shape index (κ1) is 94.8. The second-order valence-electron chi connectivity index (χ2n) is 30.5. The summed E-state index contributed by atoms with van der Waals surface area (Å²) in [5.41, 5.74) is 25.4. The number of hydrogen-bond acceptors (Lipinski definition) is 36. The number of amides is 1. The highest BCUT2D eigenvalue weighted by atomic mass is 31.3. The van der Waals surface area contributed by atoms with Crippen molar-refractivity contribution < 1.29 is 151 Å². The molecule has 0 saturated carbocycles. The molecule has 5 aromatic carbocycles. The van der Waals surface area contributed by atoms with Crippen LogP contribution in [0.3, 0.4) is 0 Å². The van der Waals surface area contributed by atoms with E-state index in [2.05, 4.69) is 107 Å². The van der Waals surface area contributed by atoms with Crippen LogP contribution in [0.25, 0.3) is 27.9 Å². The molecule has 17 N–H and O–H groups in total. The number of hydrogen-bond donors (Lipinski definition) is 14. The Labute approximate surface area is 738 Å². The highest BCUT2D eigenvalue weighted by molar-refractivity contribution is 7.67. The number of nitro groups is 2. The first-order chi connectivity index (χ1) is 61.9. The van der Waals surface area contributed by atoms with E-state index in [0.29, 0.717) is 16.7 Å². The van der Waals surface area contributed by atoms with Crippen molar-refractivity contribution in [1.82, 2.24) is 48.9 Å². The van der Waals surface area contributed by atoms with Crippen LogP contribution in [-0.2, 0) is 88.8 Å². The normalized spacial score (nSPS) is 20.8. The van der Waals surface area contributed by atoms with Gasteiger partial charge >= 0.3 is 46.9 Å². The molecule has 0 bridgehead atoms. The average molecular weight is 1940 g/mol. The quantitative estimate of drug-likeness (QED) is 0.0109. The van der Waals surface area contributed by atoms with Gasteiger partial charge in [0.05, 0.1) is 83.7 Å². The topological polar surface area (TPSA) is 733 Å². The Balaban J connectivity index is 0.000000241. The summed E-state index contributed by atoms with van der Waals surface area (Å²) in [7, 11) is -33.8. The number of fused-ring (bicyclic) bond motifs is 6. The number of aromatic nitrogens is 8. The van der Waals surface area contributed by atoms with E-state index in [0.717, 1.165) is 111 Å². The van der Waals surface area contributed by atoms with Crippen molar-refractivity contribution in [2.75, 3.05) is 68.8 Å². The number of nitrogens with two attached hydrogens (primary N) is 3. The van der Waals surface area contributed by atoms with Crippen LogP contribution < -0.4 is 61.9 Å². The molecule has 7 aliphatic heterocycles. The van der Waals surface area contributed by atoms with E-state index in [1.807, 2.05) is 0 Å². The fourth-order valence-corrected chi connectivity index (χ4v) is 22.6. The lowest BCUT2D eigenvalue weighted by atomic mass is 9.81. The maximum atomic E-state index is 14.1. The molecular weight excluding hydrogens is 1850 g/mol. The number of aliphatic hydroxyl groups is 2. The molecule has 0 spiro atoms. The van der Waals surface area contributed by atoms with Gasteiger partial charge in [-0.05, 0) is 112 Å². The van der Waals surface area contributed by atoms with Crippen molar-refractivity contribution >= 4 is 116 Å². The summed E-state index contributed by atoms with van der Waals surface area (Å²) >= 11 is 0. The van der Waals surface area contributed by atoms with Gasteiger partial charge in [0.1, 0.15) is 61.5 Å². The van der Waals surface area contributed by atoms with E-state index in [9.17, 15) is 92.1 Å². The molecule has 694 valence electrons. The van der Waals surface area contributed by atoms with Gasteiger partial charge < -0.3 is 110 Å². The number of carboxylic acid groups (broad SMARTS) is 1. The summed E-state index contributed by atoms with van der Waals surface area (Å²) in [6, 6.07) is 17.3. The summed E-state index contributed by atoms with van der Waals surface area (Å²) < 4.78 is 129. The molecule has 0 radical (unpaired) electrons. The van der Waals surface area contributed by atoms with Crippen LogP contribution in [0.5, 0.6) is 23.3 Å². The Morgan fingerprint density at radius 3 is 1.63 bits per heavy atom. The van der Waals surface area contributed by atoms with Gasteiger partial charge in [-0.15, -0.1) is 0 Å². The Bertz CT molecular complexity index is 6760. The van der Waals surface area contributed by atoms with Crippen LogP contribution >= 0.6 is 46.9 Å². The molecule has 2 saturated heterocycles. The van der Waals surface area contributed by atoms with Gasteiger partial charge in [-0.3, -0.25) is 43.2 Å². The summed E-state index contributed by atoms with van der Waals surface area (Å²) in [5.74, 6) is 9.64. The first-order valence-corrected chi connectivity index (χ1v) is 48.8. The van der Waals surface area contributed by atoms with Crippen LogP contribution in [0, 0.1) is 43.9 Å². The number of carboxylic acids is 1. The Kier molecular flexibility index (Phi) is 27.2. The van der Waals surface area contributed by atoms with Gasteiger partial charge in [-0.2, -0.15) is 37.2 Å². The second-order valence-corrected chi connectivity index (χ2v) is 39.4. The van der Waals surface area contributed by atoms with Gasteiger partial charge in [-0.25, -0.2) is 41.9 Å². The minimum Gasteiger partial charge on any atom is -0.545 e. The zero-order chi connectivity index (χ0) is 93.9. The number of nitrogen functional groups attached to an aromatic ring is 2. The van der Waals surface area contributed by atoms with Crippen molar-refractivity contribution in [3.05, 3.63) is 177 Å². The molecule has 2 fully saturated rings. The minimum atomic E-state index is -5.80. The van der Waals surface area contributed by atoms with Gasteiger partial charge in [0, 0.05) is 106 Å². The molecule has 4 aromatic heterocycles. The van der Waals surface area contributed by atoms with Crippen molar-refractivity contribution in [3.8, 4) is 46.9 Å². The van der Waals surface area contributed by atoms with Gasteiger partial charge in [0.2, 0.25) is 29.0 Å². The number of aryl methyl sites for hydroxylation is 2. The van der Waals surface area contributed by atoms with E-state index in [4.69, 9.17) is 60.5 Å². The van der Waals surface area contributed by atoms with Crippen molar-refractivity contribution in [2.24, 2.45) is 5.73 Å². The molecule has 4 unspecified atom stereocenters. The highest BCUT2D eigenvalue weighted by Crippen LogP contribution is 2.68. The Morgan fingerprint density at radius 2 is 1.12 bits per heavy atom. The number of aromatic carboxylic acids is 1. The molecule has 56 heteroatoms. The van der Waals surface area contributed by atoms with E-state index in [1.165, 1.54) is 100 Å². The number of benzene rings is 5. The van der Waals surface area contributed by atoms with Crippen LogP contribution in [0.1, 0.15) is 153 Å². The molecule has 7 aliphatic rings. The number of nitro benzene ring substituents is 2. The molecule has 12 atom stereocenters. The number of carbonyl (C=O) groups excluding carboxylic acids is 2. The van der Waals surface area contributed by atoms with Gasteiger partial charge in [0.25, 0.3) is 17.3 Å². The third kappa shape index (κ3) is 21.3. The molecule has 9 aromatic rings. The number of phosphoric ester groups is 2. The lowest BCUT2D eigenvalue weighted by Gasteiger charge is -2.39. The fourth-order valence-electron chi connectivity index (χ4n) is 16.5. The molecular formula is C75H80N16O34P6. The Morgan fingerprint density at radius 1 is 0.618 bits per heavy atom. The number of aliphatic hydroxyl groups excluding tert-OH is 2. The van der Waals surface area contributed by atoms with Gasteiger partial charge in [0.15, 0.2) is 22.3 Å². The van der Waals surface area contributed by atoms with Crippen LogP contribution in [0.4, 0.5) is 29.0 Å². The molecule has 131 heavy (non-hydrogen) atoms.